The van der Waals surface area contributed by atoms with E-state index in [-0.39, 0.29) is 23.7 Å². The summed E-state index contributed by atoms with van der Waals surface area (Å²) in [6.45, 7) is 30.7. The average Bonchev–Trinajstić information content (AvgIpc) is 1.65. The van der Waals surface area contributed by atoms with Crippen LogP contribution in [0.4, 0.5) is 0 Å². The number of phenolic OH excluding ortho intramolecular Hbond substituents is 1. The molecular weight excluding hydrogens is 1290 g/mol. The quantitative estimate of drug-likeness (QED) is 0.0236. The minimum absolute atomic E-state index is 0.0480. The number of phenols is 1. The van der Waals surface area contributed by atoms with E-state index in [4.69, 9.17) is 19.7 Å². The lowest BCUT2D eigenvalue weighted by Gasteiger charge is -2.18. The fourth-order valence-electron chi connectivity index (χ4n) is 12.2. The van der Waals surface area contributed by atoms with E-state index in [1.807, 2.05) is 112 Å². The molecule has 9 heterocycles. The molecular formula is C79H102N20O4. The number of hydrogen-bond acceptors (Lipinski definition) is 14. The molecule has 2 amide bonds. The number of hydrogen-bond donors (Lipinski definition) is 7. The monoisotopic (exact) mass is 1390 g/mol. The van der Waals surface area contributed by atoms with Crippen LogP contribution in [-0.4, -0.2) is 119 Å². The Balaban J connectivity index is 0.000000160. The number of nitrogens with zero attached hydrogens (tertiary/aromatic N) is 14. The van der Waals surface area contributed by atoms with Crippen molar-refractivity contribution in [2.75, 3.05) is 13.1 Å². The first-order valence-corrected chi connectivity index (χ1v) is 36.6. The number of aromatic amines is 4. The van der Waals surface area contributed by atoms with Crippen molar-refractivity contribution in [2.45, 2.75) is 205 Å². The van der Waals surface area contributed by atoms with Crippen LogP contribution >= 0.6 is 0 Å². The van der Waals surface area contributed by atoms with Crippen molar-refractivity contribution in [3.8, 4) is 56.9 Å². The van der Waals surface area contributed by atoms with Crippen molar-refractivity contribution in [2.24, 2.45) is 0 Å². The maximum absolute atomic E-state index is 12.8. The number of rotatable bonds is 27. The second-order valence-electron chi connectivity index (χ2n) is 27.0. The number of carbonyl (C=O) groups is 2. The standard InChI is InChI=1S/C35H48N6O2.C20H28N4O.C14H16N4O.C10H10N6/c1-4-6-8-10-12-14-23-36-33(42)28-21-19-27(20-22-28)32-39-35-38-31(26(3)41(35)40-32)29-17-16-18-30(25-29)34(43)37-24-15-13-11-9-7-5-2;1-7-13(4)19-22-20-21-18(15(6)24(20)23-19)16(8-2)25-17-10-9-12(3)11-14(17)5;1-8(2)13-16-14-15-12(9(3)18(14)17-13)10-6-4-5-7-11(10)19;1-6-7(2)15-16-9(6)13-14-10(16)8-5-11-3-4-12-8/h16-22,25H,4-15,23-24H2,1-3H3,(H,36,42)(H,37,43)(H,38,39,40);9-11,13,16H,7-8H2,1-6H3,(H,21,22,23);4-8,19H,1-3H3,(H,15,16,17);3-5,15H,1-2H3. The van der Waals surface area contributed by atoms with E-state index in [0.717, 1.165) is 135 Å². The van der Waals surface area contributed by atoms with Crippen LogP contribution in [-0.2, 0) is 0 Å². The lowest BCUT2D eigenvalue weighted by molar-refractivity contribution is 0.0944. The van der Waals surface area contributed by atoms with Gasteiger partial charge in [-0.15, -0.1) is 10.2 Å². The van der Waals surface area contributed by atoms with Crippen LogP contribution < -0.4 is 15.4 Å². The SMILES string of the molecule is CCC(C)c1nc2nc(C(CC)Oc3ccc(C)cc3C)c(C)n2[nH]1.CCCCCCCCNC(=O)c1ccc(-c2nc3nc(-c4cccc(C(=O)NCCCCCCCC)c4)c(C)n3[nH]2)cc1.Cc1[nH]n2c(-c3cnccn3)nnc2c1C.Cc1c(-c2ccccc2O)nc2nc(C(C)C)[nH]n12. The number of nitrogens with one attached hydrogen (secondary N) is 6. The lowest BCUT2D eigenvalue weighted by Crippen LogP contribution is -2.24. The third kappa shape index (κ3) is 18.1. The third-order valence-corrected chi connectivity index (χ3v) is 18.8. The molecule has 0 saturated carbocycles. The number of fused-ring (bicyclic) bond motifs is 4. The predicted molar refractivity (Wildman–Crippen MR) is 406 cm³/mol. The Morgan fingerprint density at radius 2 is 1.17 bits per heavy atom. The van der Waals surface area contributed by atoms with Gasteiger partial charge in [-0.05, 0) is 122 Å². The van der Waals surface area contributed by atoms with E-state index in [0.29, 0.717) is 65.0 Å². The Morgan fingerprint density at radius 3 is 1.81 bits per heavy atom. The van der Waals surface area contributed by atoms with E-state index in [2.05, 4.69) is 148 Å². The minimum Gasteiger partial charge on any atom is -0.507 e. The van der Waals surface area contributed by atoms with Crippen LogP contribution in [0.1, 0.15) is 234 Å². The third-order valence-electron chi connectivity index (χ3n) is 18.8. The number of para-hydroxylation sites is 1. The molecule has 0 saturated heterocycles. The molecule has 103 heavy (non-hydrogen) atoms. The molecule has 0 spiro atoms. The molecule has 0 radical (unpaired) electrons. The van der Waals surface area contributed by atoms with Crippen molar-refractivity contribution in [1.82, 2.24) is 99.2 Å². The molecule has 9 aromatic heterocycles. The minimum atomic E-state index is -0.0800. The summed E-state index contributed by atoms with van der Waals surface area (Å²) in [5.74, 6) is 6.96. The second kappa shape index (κ2) is 35.2. The van der Waals surface area contributed by atoms with E-state index in [1.54, 1.807) is 30.7 Å². The van der Waals surface area contributed by atoms with Gasteiger partial charge < -0.3 is 20.5 Å². The fraction of sp³-hybridized carbons (Fsp3) is 0.418. The highest BCUT2D eigenvalue weighted by Crippen LogP contribution is 2.33. The van der Waals surface area contributed by atoms with E-state index in [9.17, 15) is 14.7 Å². The van der Waals surface area contributed by atoms with E-state index < -0.39 is 0 Å². The van der Waals surface area contributed by atoms with Crippen LogP contribution in [0, 0.1) is 48.5 Å². The van der Waals surface area contributed by atoms with Crippen molar-refractivity contribution in [1.29, 1.82) is 0 Å². The number of amides is 2. The molecule has 24 nitrogen and oxygen atoms in total. The Hall–Kier alpha value is -10.8. The van der Waals surface area contributed by atoms with Crippen LogP contribution in [0.15, 0.2) is 110 Å². The number of ether oxygens (including phenoxy) is 1. The topological polar surface area (TPSA) is 297 Å². The van der Waals surface area contributed by atoms with Gasteiger partial charge in [0.05, 0.1) is 34.7 Å². The van der Waals surface area contributed by atoms with Gasteiger partial charge in [0.15, 0.2) is 11.5 Å². The molecule has 0 aliphatic heterocycles. The zero-order valence-corrected chi connectivity index (χ0v) is 62.4. The van der Waals surface area contributed by atoms with Gasteiger partial charge in [-0.25, -0.2) is 38.0 Å². The van der Waals surface area contributed by atoms with Gasteiger partial charge in [0.25, 0.3) is 29.1 Å². The van der Waals surface area contributed by atoms with Crippen LogP contribution in [0.25, 0.3) is 68.4 Å². The smallest absolute Gasteiger partial charge is 0.251 e. The average molecular weight is 1400 g/mol. The van der Waals surface area contributed by atoms with E-state index in [1.165, 1.54) is 56.9 Å². The van der Waals surface area contributed by atoms with E-state index >= 15 is 0 Å². The highest BCUT2D eigenvalue weighted by molar-refractivity contribution is 5.96. The first-order valence-electron chi connectivity index (χ1n) is 36.6. The molecule has 2 atom stereocenters. The summed E-state index contributed by atoms with van der Waals surface area (Å²) in [5, 5.41) is 37.4. The largest absolute Gasteiger partial charge is 0.507 e. The van der Waals surface area contributed by atoms with Gasteiger partial charge in [-0.1, -0.05) is 167 Å². The molecule has 7 N–H and O–H groups in total. The highest BCUT2D eigenvalue weighted by Gasteiger charge is 2.24. The summed E-state index contributed by atoms with van der Waals surface area (Å²) in [4.78, 5) is 61.4. The van der Waals surface area contributed by atoms with Crippen LogP contribution in [0.3, 0.4) is 0 Å². The van der Waals surface area contributed by atoms with Crippen molar-refractivity contribution >= 4 is 34.8 Å². The molecule has 4 aromatic carbocycles. The summed E-state index contributed by atoms with van der Waals surface area (Å²) in [6, 6.07) is 28.5. The van der Waals surface area contributed by atoms with Gasteiger partial charge in [-0.2, -0.15) is 15.0 Å². The number of aromatic nitrogens is 18. The van der Waals surface area contributed by atoms with Crippen molar-refractivity contribution in [3.05, 3.63) is 178 Å². The summed E-state index contributed by atoms with van der Waals surface area (Å²) in [6.07, 6.45) is 21.1. The lowest BCUT2D eigenvalue weighted by atomic mass is 10.1. The predicted octanol–water partition coefficient (Wildman–Crippen LogP) is 16.9. The molecule has 24 heteroatoms. The van der Waals surface area contributed by atoms with Gasteiger partial charge in [0.1, 0.15) is 40.6 Å². The fourth-order valence-corrected chi connectivity index (χ4v) is 12.2. The first-order chi connectivity index (χ1) is 49.8. The normalized spacial score (nSPS) is 12.0. The van der Waals surface area contributed by atoms with Crippen LogP contribution in [0.2, 0.25) is 0 Å². The van der Waals surface area contributed by atoms with Gasteiger partial charge >= 0.3 is 0 Å². The molecule has 2 unspecified atom stereocenters. The molecule has 0 aliphatic rings. The molecule has 542 valence electrons. The first kappa shape index (κ1) is 74.9. The Bertz CT molecular complexity index is 4900. The summed E-state index contributed by atoms with van der Waals surface area (Å²) < 4.78 is 13.8. The number of unbranched alkanes of at least 4 members (excludes halogenated alkanes) is 10. The van der Waals surface area contributed by atoms with Crippen LogP contribution in [0.5, 0.6) is 11.5 Å². The van der Waals surface area contributed by atoms with Crippen molar-refractivity contribution < 1.29 is 19.4 Å². The highest BCUT2D eigenvalue weighted by atomic mass is 16.5. The maximum atomic E-state index is 12.8. The summed E-state index contributed by atoms with van der Waals surface area (Å²) in [7, 11) is 0. The number of carbonyl (C=O) groups excluding carboxylic acids is 2. The number of imidazole rings is 3. The molecule has 0 fully saturated rings. The summed E-state index contributed by atoms with van der Waals surface area (Å²) in [5.41, 5.74) is 15.3. The zero-order chi connectivity index (χ0) is 73.3. The Kier molecular flexibility index (Phi) is 25.6. The number of aromatic hydroxyl groups is 1. The number of H-pyrrole nitrogens is 4. The maximum Gasteiger partial charge on any atom is 0.251 e. The second-order valence-corrected chi connectivity index (χ2v) is 27.0. The number of benzene rings is 4. The number of aryl methyl sites for hydroxylation is 7. The molecule has 0 aliphatic carbocycles. The molecule has 13 aromatic rings. The van der Waals surface area contributed by atoms with Gasteiger partial charge in [-0.3, -0.25) is 35.0 Å². The molecule has 0 bridgehead atoms. The van der Waals surface area contributed by atoms with Crippen molar-refractivity contribution in [3.63, 3.8) is 0 Å². The van der Waals surface area contributed by atoms with Gasteiger partial charge in [0, 0.05) is 76.4 Å². The van der Waals surface area contributed by atoms with Gasteiger partial charge in [0.2, 0.25) is 5.82 Å². The Morgan fingerprint density at radius 1 is 0.553 bits per heavy atom. The summed E-state index contributed by atoms with van der Waals surface area (Å²) >= 11 is 0. The molecule has 13 rings (SSSR count). The zero-order valence-electron chi connectivity index (χ0n) is 62.4. The Labute approximate surface area is 602 Å².